The Balaban J connectivity index is 2.18. The second-order valence-corrected chi connectivity index (χ2v) is 7.08. The lowest BCUT2D eigenvalue weighted by atomic mass is 9.97. The molecule has 0 aliphatic carbocycles. The highest BCUT2D eigenvalue weighted by molar-refractivity contribution is 6.02. The minimum Gasteiger partial charge on any atom is -0.326 e. The van der Waals surface area contributed by atoms with Crippen LogP contribution in [0.4, 0.5) is 17.1 Å². The maximum absolute atomic E-state index is 12.6. The fourth-order valence-electron chi connectivity index (χ4n) is 3.05. The molecule has 2 N–H and O–H groups in total. The van der Waals surface area contributed by atoms with Crippen molar-refractivity contribution in [2.45, 2.75) is 40.5 Å². The number of carbonyl (C=O) groups is 3. The molecular formula is C22H27N3O3. The summed E-state index contributed by atoms with van der Waals surface area (Å²) in [6.45, 7) is 8.89. The molecule has 0 bridgehead atoms. The molecule has 0 radical (unpaired) electrons. The number of anilines is 3. The number of amides is 3. The number of aryl methyl sites for hydroxylation is 1. The third-order valence-corrected chi connectivity index (χ3v) is 4.33. The highest BCUT2D eigenvalue weighted by Gasteiger charge is 2.21. The van der Waals surface area contributed by atoms with Crippen LogP contribution in [0.3, 0.4) is 0 Å². The van der Waals surface area contributed by atoms with Crippen LogP contribution in [0.5, 0.6) is 0 Å². The average Bonchev–Trinajstić information content (AvgIpc) is 2.61. The zero-order chi connectivity index (χ0) is 20.8. The Bertz CT molecular complexity index is 873. The van der Waals surface area contributed by atoms with Crippen molar-refractivity contribution in [1.29, 1.82) is 0 Å². The van der Waals surface area contributed by atoms with Gasteiger partial charge in [0.25, 0.3) is 0 Å². The molecule has 0 spiro atoms. The monoisotopic (exact) mass is 381 g/mol. The van der Waals surface area contributed by atoms with Crippen molar-refractivity contribution in [2.24, 2.45) is 0 Å². The number of carbonyl (C=O) groups excluding carboxylic acids is 3. The molecular weight excluding hydrogens is 354 g/mol. The summed E-state index contributed by atoms with van der Waals surface area (Å²) >= 11 is 0. The van der Waals surface area contributed by atoms with Crippen LogP contribution in [-0.4, -0.2) is 24.3 Å². The van der Waals surface area contributed by atoms with E-state index in [2.05, 4.69) is 24.5 Å². The van der Waals surface area contributed by atoms with Crippen molar-refractivity contribution in [3.63, 3.8) is 0 Å². The van der Waals surface area contributed by atoms with E-state index in [9.17, 15) is 14.4 Å². The summed E-state index contributed by atoms with van der Waals surface area (Å²) in [7, 11) is 0. The summed E-state index contributed by atoms with van der Waals surface area (Å²) in [6, 6.07) is 12.7. The van der Waals surface area contributed by atoms with Crippen molar-refractivity contribution in [3.8, 4) is 0 Å². The van der Waals surface area contributed by atoms with E-state index < -0.39 is 0 Å². The molecule has 0 heterocycles. The molecule has 6 nitrogen and oxygen atoms in total. The van der Waals surface area contributed by atoms with Gasteiger partial charge in [0.05, 0.1) is 5.69 Å². The number of hydrogen-bond acceptors (Lipinski definition) is 3. The van der Waals surface area contributed by atoms with Gasteiger partial charge in [-0.25, -0.2) is 0 Å². The number of hydrogen-bond donors (Lipinski definition) is 2. The third-order valence-electron chi connectivity index (χ3n) is 4.33. The van der Waals surface area contributed by atoms with Gasteiger partial charge in [-0.3, -0.25) is 14.4 Å². The summed E-state index contributed by atoms with van der Waals surface area (Å²) in [5.74, 6) is -0.415. The second-order valence-electron chi connectivity index (χ2n) is 7.08. The molecule has 148 valence electrons. The number of rotatable bonds is 6. The van der Waals surface area contributed by atoms with E-state index in [1.807, 2.05) is 25.1 Å². The van der Waals surface area contributed by atoms with E-state index >= 15 is 0 Å². The summed E-state index contributed by atoms with van der Waals surface area (Å²) in [5.41, 5.74) is 4.02. The quantitative estimate of drug-likeness (QED) is 0.792. The first kappa shape index (κ1) is 21.2. The molecule has 6 heteroatoms. The Labute approximate surface area is 165 Å². The Morgan fingerprint density at radius 2 is 1.50 bits per heavy atom. The molecule has 2 aromatic carbocycles. The minimum absolute atomic E-state index is 0.0760. The zero-order valence-corrected chi connectivity index (χ0v) is 17.0. The molecule has 0 aromatic heterocycles. The summed E-state index contributed by atoms with van der Waals surface area (Å²) < 4.78 is 0. The lowest BCUT2D eigenvalue weighted by Crippen LogP contribution is -2.37. The Morgan fingerprint density at radius 1 is 0.929 bits per heavy atom. The van der Waals surface area contributed by atoms with E-state index in [1.54, 1.807) is 24.3 Å². The lowest BCUT2D eigenvalue weighted by Gasteiger charge is -2.27. The third kappa shape index (κ3) is 5.42. The average molecular weight is 381 g/mol. The molecule has 0 unspecified atom stereocenters. The van der Waals surface area contributed by atoms with E-state index in [-0.39, 0.29) is 30.2 Å². The number of benzene rings is 2. The topological polar surface area (TPSA) is 78.5 Å². The lowest BCUT2D eigenvalue weighted by molar-refractivity contribution is -0.120. The first-order chi connectivity index (χ1) is 13.2. The fraction of sp³-hybridized carbons (Fsp3) is 0.318. The van der Waals surface area contributed by atoms with Gasteiger partial charge in [0.2, 0.25) is 17.7 Å². The van der Waals surface area contributed by atoms with Gasteiger partial charge >= 0.3 is 0 Å². The minimum atomic E-state index is -0.291. The highest BCUT2D eigenvalue weighted by atomic mass is 16.2. The molecule has 2 aromatic rings. The van der Waals surface area contributed by atoms with Gasteiger partial charge in [-0.05, 0) is 48.2 Å². The molecule has 3 amide bonds. The van der Waals surface area contributed by atoms with Crippen LogP contribution >= 0.6 is 0 Å². The standard InChI is InChI=1S/C22H27N3O3/c1-14(2)20-8-6-7-15(3)22(20)25(17(5)27)13-21(28)24-19-11-9-18(10-12-19)23-16(4)26/h6-12,14H,13H2,1-5H3,(H,23,26)(H,24,28). The molecule has 0 fully saturated rings. The summed E-state index contributed by atoms with van der Waals surface area (Å²) in [4.78, 5) is 37.5. The highest BCUT2D eigenvalue weighted by Crippen LogP contribution is 2.31. The maximum atomic E-state index is 12.6. The van der Waals surface area contributed by atoms with Gasteiger partial charge in [-0.2, -0.15) is 0 Å². The molecule has 0 aliphatic heterocycles. The van der Waals surface area contributed by atoms with Crippen LogP contribution < -0.4 is 15.5 Å². The zero-order valence-electron chi connectivity index (χ0n) is 17.0. The first-order valence-electron chi connectivity index (χ1n) is 9.24. The smallest absolute Gasteiger partial charge is 0.244 e. The Morgan fingerprint density at radius 3 is 2.00 bits per heavy atom. The predicted octanol–water partition coefficient (Wildman–Crippen LogP) is 4.07. The van der Waals surface area contributed by atoms with Crippen molar-refractivity contribution in [3.05, 3.63) is 53.6 Å². The van der Waals surface area contributed by atoms with Crippen molar-refractivity contribution in [1.82, 2.24) is 0 Å². The van der Waals surface area contributed by atoms with Crippen LogP contribution in [-0.2, 0) is 14.4 Å². The van der Waals surface area contributed by atoms with Crippen LogP contribution in [0, 0.1) is 6.92 Å². The van der Waals surface area contributed by atoms with Gasteiger partial charge in [0, 0.05) is 25.2 Å². The summed E-state index contributed by atoms with van der Waals surface area (Å²) in [6.07, 6.45) is 0. The van der Waals surface area contributed by atoms with Gasteiger partial charge < -0.3 is 15.5 Å². The van der Waals surface area contributed by atoms with E-state index in [4.69, 9.17) is 0 Å². The largest absolute Gasteiger partial charge is 0.326 e. The van der Waals surface area contributed by atoms with E-state index in [1.165, 1.54) is 18.7 Å². The van der Waals surface area contributed by atoms with Gasteiger partial charge in [0.1, 0.15) is 6.54 Å². The Kier molecular flexibility index (Phi) is 6.93. The molecule has 28 heavy (non-hydrogen) atoms. The molecule has 0 saturated carbocycles. The van der Waals surface area contributed by atoms with Crippen LogP contribution in [0.2, 0.25) is 0 Å². The van der Waals surface area contributed by atoms with Gasteiger partial charge in [0.15, 0.2) is 0 Å². The van der Waals surface area contributed by atoms with Crippen molar-refractivity contribution in [2.75, 3.05) is 22.1 Å². The molecule has 0 atom stereocenters. The number of nitrogens with zero attached hydrogens (tertiary/aromatic N) is 1. The fourth-order valence-corrected chi connectivity index (χ4v) is 3.05. The second kappa shape index (κ2) is 9.17. The van der Waals surface area contributed by atoms with Crippen LogP contribution in [0.15, 0.2) is 42.5 Å². The van der Waals surface area contributed by atoms with Crippen molar-refractivity contribution < 1.29 is 14.4 Å². The first-order valence-corrected chi connectivity index (χ1v) is 9.24. The van der Waals surface area contributed by atoms with Crippen LogP contribution in [0.25, 0.3) is 0 Å². The number of nitrogens with one attached hydrogen (secondary N) is 2. The maximum Gasteiger partial charge on any atom is 0.244 e. The van der Waals surface area contributed by atoms with E-state index in [0.717, 1.165) is 16.8 Å². The predicted molar refractivity (Wildman–Crippen MR) is 113 cm³/mol. The van der Waals surface area contributed by atoms with Crippen molar-refractivity contribution >= 4 is 34.8 Å². The van der Waals surface area contributed by atoms with Gasteiger partial charge in [-0.1, -0.05) is 32.0 Å². The van der Waals surface area contributed by atoms with Gasteiger partial charge in [-0.15, -0.1) is 0 Å². The SMILES string of the molecule is CC(=O)Nc1ccc(NC(=O)CN(C(C)=O)c2c(C)cccc2C(C)C)cc1. The van der Waals surface area contributed by atoms with Crippen LogP contribution in [0.1, 0.15) is 44.7 Å². The van der Waals surface area contributed by atoms with E-state index in [0.29, 0.717) is 11.4 Å². The summed E-state index contributed by atoms with van der Waals surface area (Å²) in [5, 5.41) is 5.47. The Hall–Kier alpha value is -3.15. The number of para-hydroxylation sites is 1. The normalized spacial score (nSPS) is 10.5. The molecule has 2 rings (SSSR count). The molecule has 0 aliphatic rings. The molecule has 0 saturated heterocycles.